The molecule has 0 aliphatic carbocycles. The molecular weight excluding hydrogens is 366 g/mol. The molecule has 2 amide bonds. The highest BCUT2D eigenvalue weighted by Crippen LogP contribution is 2.46. The van der Waals surface area contributed by atoms with Crippen LogP contribution in [0.4, 0.5) is 0 Å². The smallest absolute Gasteiger partial charge is 0.266 e. The van der Waals surface area contributed by atoms with E-state index >= 15 is 0 Å². The molecule has 27 heavy (non-hydrogen) atoms. The average molecular weight is 385 g/mol. The maximum Gasteiger partial charge on any atom is 0.266 e. The molecule has 5 heterocycles. The number of thiazole rings is 1. The number of carbonyl (C=O) groups excluding carboxylic acids is 2. The van der Waals surface area contributed by atoms with Crippen molar-refractivity contribution < 1.29 is 14.3 Å². The highest BCUT2D eigenvalue weighted by Gasteiger charge is 2.63. The monoisotopic (exact) mass is 385 g/mol. The summed E-state index contributed by atoms with van der Waals surface area (Å²) in [5.74, 6) is 0.530. The van der Waals surface area contributed by atoms with Gasteiger partial charge >= 0.3 is 0 Å². The summed E-state index contributed by atoms with van der Waals surface area (Å²) >= 11 is 1.32. The molecule has 0 N–H and O–H groups in total. The molecule has 0 saturated carbocycles. The summed E-state index contributed by atoms with van der Waals surface area (Å²) in [6.07, 6.45) is 4.98. The predicted molar refractivity (Wildman–Crippen MR) is 97.0 cm³/mol. The van der Waals surface area contributed by atoms with Crippen LogP contribution in [0.2, 0.25) is 0 Å². The summed E-state index contributed by atoms with van der Waals surface area (Å²) in [6.45, 7) is 3.73. The van der Waals surface area contributed by atoms with E-state index in [0.717, 1.165) is 5.69 Å². The molecule has 0 unspecified atom stereocenters. The first kappa shape index (κ1) is 16.8. The number of aryl methyl sites for hydroxylation is 1. The minimum Gasteiger partial charge on any atom is -0.351 e. The number of ether oxygens (including phenoxy) is 1. The first-order valence-corrected chi connectivity index (χ1v) is 9.98. The summed E-state index contributed by atoms with van der Waals surface area (Å²) < 4.78 is 5.99. The van der Waals surface area contributed by atoms with Crippen molar-refractivity contribution in [1.29, 1.82) is 0 Å². The van der Waals surface area contributed by atoms with Crippen LogP contribution < -0.4 is 0 Å². The van der Waals surface area contributed by atoms with Crippen molar-refractivity contribution in [2.75, 3.05) is 19.7 Å². The minimum atomic E-state index is -0.616. The second-order valence-corrected chi connectivity index (χ2v) is 7.93. The third kappa shape index (κ3) is 2.34. The van der Waals surface area contributed by atoms with E-state index in [9.17, 15) is 9.59 Å². The zero-order chi connectivity index (χ0) is 18.6. The van der Waals surface area contributed by atoms with Crippen molar-refractivity contribution in [3.63, 3.8) is 0 Å². The van der Waals surface area contributed by atoms with E-state index in [4.69, 9.17) is 4.74 Å². The Kier molecular flexibility index (Phi) is 3.76. The van der Waals surface area contributed by atoms with Crippen LogP contribution in [0, 0.1) is 0 Å². The molecule has 0 radical (unpaired) electrons. The lowest BCUT2D eigenvalue weighted by Crippen LogP contribution is -2.48. The van der Waals surface area contributed by atoms with Gasteiger partial charge in [-0.1, -0.05) is 6.92 Å². The third-order valence-electron chi connectivity index (χ3n) is 5.65. The fourth-order valence-electron chi connectivity index (χ4n) is 4.43. The number of hydrogen-bond acceptors (Lipinski definition) is 7. The van der Waals surface area contributed by atoms with Gasteiger partial charge in [-0.05, 0) is 12.5 Å². The van der Waals surface area contributed by atoms with Crippen LogP contribution in [-0.4, -0.2) is 68.0 Å². The van der Waals surface area contributed by atoms with Crippen molar-refractivity contribution >= 4 is 23.2 Å². The van der Waals surface area contributed by atoms with Gasteiger partial charge < -0.3 is 14.5 Å². The van der Waals surface area contributed by atoms with Crippen molar-refractivity contribution in [2.45, 2.75) is 38.0 Å². The molecule has 5 rings (SSSR count). The Labute approximate surface area is 160 Å². The zero-order valence-electron chi connectivity index (χ0n) is 14.9. The molecule has 8 nitrogen and oxygen atoms in total. The van der Waals surface area contributed by atoms with Crippen molar-refractivity contribution in [3.05, 3.63) is 29.0 Å². The summed E-state index contributed by atoms with van der Waals surface area (Å²) in [6, 6.07) is 1.53. The van der Waals surface area contributed by atoms with Crippen molar-refractivity contribution in [2.24, 2.45) is 0 Å². The Hall–Kier alpha value is -2.39. The van der Waals surface area contributed by atoms with Gasteiger partial charge in [-0.3, -0.25) is 9.59 Å². The lowest BCUT2D eigenvalue weighted by Gasteiger charge is -2.31. The fourth-order valence-corrected chi connectivity index (χ4v) is 5.49. The molecule has 3 fully saturated rings. The number of carbonyl (C=O) groups is 2. The van der Waals surface area contributed by atoms with Gasteiger partial charge in [0.2, 0.25) is 5.91 Å². The van der Waals surface area contributed by atoms with Gasteiger partial charge in [0.15, 0.2) is 16.6 Å². The summed E-state index contributed by atoms with van der Waals surface area (Å²) in [5, 5.41) is 0.644. The Morgan fingerprint density at radius 1 is 1.37 bits per heavy atom. The Morgan fingerprint density at radius 3 is 2.96 bits per heavy atom. The van der Waals surface area contributed by atoms with Gasteiger partial charge in [-0.15, -0.1) is 11.3 Å². The van der Waals surface area contributed by atoms with E-state index in [1.54, 1.807) is 18.5 Å². The van der Waals surface area contributed by atoms with Crippen LogP contribution in [0.3, 0.4) is 0 Å². The second-order valence-electron chi connectivity index (χ2n) is 6.93. The molecule has 140 valence electrons. The standard InChI is InChI=1S/C18H19N5O3S/c1-2-11-14(27-16(21-11)15-19-5-3-6-20-15)17(25)22-7-4-18-12(22)10-13(24)23(18)8-9-26-18/h3,5-6,12H,2,4,7-10H2,1H3/t12-,18+/m1/s1. The SMILES string of the molecule is CCc1nc(-c2ncccn2)sc1C(=O)N1CC[C@@]23OCCN2C(=O)C[C@@H]13. The number of amides is 2. The van der Waals surface area contributed by atoms with Crippen LogP contribution in [-0.2, 0) is 16.0 Å². The minimum absolute atomic E-state index is 0.0708. The molecule has 3 aliphatic heterocycles. The van der Waals surface area contributed by atoms with Crippen LogP contribution >= 0.6 is 11.3 Å². The normalized spacial score (nSPS) is 26.6. The van der Waals surface area contributed by atoms with Crippen molar-refractivity contribution in [3.8, 4) is 10.8 Å². The van der Waals surface area contributed by atoms with Crippen molar-refractivity contribution in [1.82, 2.24) is 24.8 Å². The predicted octanol–water partition coefficient (Wildman–Crippen LogP) is 1.34. The number of hydrogen-bond donors (Lipinski definition) is 0. The molecular formula is C18H19N5O3S. The lowest BCUT2D eigenvalue weighted by molar-refractivity contribution is -0.136. The van der Waals surface area contributed by atoms with Gasteiger partial charge in [0.25, 0.3) is 5.91 Å². The molecule has 3 aliphatic rings. The van der Waals surface area contributed by atoms with Gasteiger partial charge in [-0.2, -0.15) is 0 Å². The van der Waals surface area contributed by atoms with Crippen LogP contribution in [0.15, 0.2) is 18.5 Å². The molecule has 9 heteroatoms. The van der Waals surface area contributed by atoms with Gasteiger partial charge in [0.1, 0.15) is 4.88 Å². The lowest BCUT2D eigenvalue weighted by atomic mass is 10.1. The van der Waals surface area contributed by atoms with E-state index in [1.807, 2.05) is 16.7 Å². The Bertz CT molecular complexity index is 917. The topological polar surface area (TPSA) is 88.5 Å². The van der Waals surface area contributed by atoms with E-state index in [1.165, 1.54) is 11.3 Å². The molecule has 2 atom stereocenters. The first-order valence-electron chi connectivity index (χ1n) is 9.16. The summed E-state index contributed by atoms with van der Waals surface area (Å²) in [4.78, 5) is 43.1. The summed E-state index contributed by atoms with van der Waals surface area (Å²) in [7, 11) is 0. The molecule has 2 aromatic heterocycles. The maximum atomic E-state index is 13.4. The van der Waals surface area contributed by atoms with E-state index in [-0.39, 0.29) is 17.9 Å². The maximum absolute atomic E-state index is 13.4. The van der Waals surface area contributed by atoms with Gasteiger partial charge in [0, 0.05) is 31.9 Å². The first-order chi connectivity index (χ1) is 13.1. The van der Waals surface area contributed by atoms with Crippen LogP contribution in [0.25, 0.3) is 10.8 Å². The summed E-state index contributed by atoms with van der Waals surface area (Å²) in [5.41, 5.74) is 0.136. The molecule has 1 spiro atoms. The largest absolute Gasteiger partial charge is 0.351 e. The van der Waals surface area contributed by atoms with Crippen LogP contribution in [0.1, 0.15) is 35.1 Å². The number of rotatable bonds is 3. The number of likely N-dealkylation sites (tertiary alicyclic amines) is 1. The second kappa shape index (κ2) is 6.07. The van der Waals surface area contributed by atoms with Gasteiger partial charge in [0.05, 0.1) is 24.8 Å². The zero-order valence-corrected chi connectivity index (χ0v) is 15.7. The fraction of sp³-hybridized carbons (Fsp3) is 0.500. The molecule has 0 bridgehead atoms. The van der Waals surface area contributed by atoms with E-state index in [2.05, 4.69) is 15.0 Å². The van der Waals surface area contributed by atoms with Gasteiger partial charge in [-0.25, -0.2) is 15.0 Å². The molecule has 2 aromatic rings. The Morgan fingerprint density at radius 2 is 2.19 bits per heavy atom. The third-order valence-corrected chi connectivity index (χ3v) is 6.73. The van der Waals surface area contributed by atoms with E-state index < -0.39 is 5.72 Å². The van der Waals surface area contributed by atoms with E-state index in [0.29, 0.717) is 54.7 Å². The number of aromatic nitrogens is 3. The molecule has 3 saturated heterocycles. The number of nitrogens with zero attached hydrogens (tertiary/aromatic N) is 5. The molecule has 0 aromatic carbocycles. The quantitative estimate of drug-likeness (QED) is 0.792. The highest BCUT2D eigenvalue weighted by atomic mass is 32.1. The Balaban J connectivity index is 1.48. The highest BCUT2D eigenvalue weighted by molar-refractivity contribution is 7.17. The van der Waals surface area contributed by atoms with Crippen LogP contribution in [0.5, 0.6) is 0 Å². The average Bonchev–Trinajstić information content (AvgIpc) is 3.43.